The molecule has 4 rings (SSSR count). The SMILES string of the molecule is Cc1cccc(OCCCCn2c(CCNC(=O)Cc3ccccc3Cl)nc3ccccc32)c1. The van der Waals surface area contributed by atoms with Gasteiger partial charge in [0.05, 0.1) is 24.1 Å². The zero-order chi connectivity index (χ0) is 23.8. The summed E-state index contributed by atoms with van der Waals surface area (Å²) in [5, 5.41) is 3.62. The minimum Gasteiger partial charge on any atom is -0.494 e. The van der Waals surface area contributed by atoms with Crippen molar-refractivity contribution in [2.75, 3.05) is 13.2 Å². The molecule has 34 heavy (non-hydrogen) atoms. The normalized spacial score (nSPS) is 11.0. The van der Waals surface area contributed by atoms with Gasteiger partial charge in [-0.3, -0.25) is 4.79 Å². The molecule has 3 aromatic carbocycles. The van der Waals surface area contributed by atoms with Gasteiger partial charge in [-0.1, -0.05) is 54.1 Å². The largest absolute Gasteiger partial charge is 0.494 e. The average Bonchev–Trinajstić information content (AvgIpc) is 3.18. The number of carbonyl (C=O) groups excluding carboxylic acids is 1. The molecule has 0 bridgehead atoms. The smallest absolute Gasteiger partial charge is 0.224 e. The molecule has 0 aliphatic carbocycles. The van der Waals surface area contributed by atoms with Crippen molar-refractivity contribution in [2.24, 2.45) is 0 Å². The molecular formula is C28H30ClN3O2. The summed E-state index contributed by atoms with van der Waals surface area (Å²) in [6.07, 6.45) is 2.88. The van der Waals surface area contributed by atoms with E-state index in [0.29, 0.717) is 24.6 Å². The van der Waals surface area contributed by atoms with Crippen LogP contribution in [-0.2, 0) is 24.2 Å². The van der Waals surface area contributed by atoms with Gasteiger partial charge >= 0.3 is 0 Å². The van der Waals surface area contributed by atoms with Crippen molar-refractivity contribution >= 4 is 28.5 Å². The van der Waals surface area contributed by atoms with Gasteiger partial charge in [-0.15, -0.1) is 0 Å². The monoisotopic (exact) mass is 475 g/mol. The number of benzene rings is 3. The van der Waals surface area contributed by atoms with Gasteiger partial charge in [-0.2, -0.15) is 0 Å². The number of halogens is 1. The molecule has 5 nitrogen and oxygen atoms in total. The number of nitrogens with zero attached hydrogens (tertiary/aromatic N) is 2. The van der Waals surface area contributed by atoms with Crippen LogP contribution < -0.4 is 10.1 Å². The molecule has 0 radical (unpaired) electrons. The van der Waals surface area contributed by atoms with Crippen LogP contribution in [0.15, 0.2) is 72.8 Å². The van der Waals surface area contributed by atoms with Gasteiger partial charge in [0.1, 0.15) is 11.6 Å². The minimum atomic E-state index is -0.0379. The van der Waals surface area contributed by atoms with Gasteiger partial charge in [0, 0.05) is 24.5 Å². The second kappa shape index (κ2) is 11.7. The third-order valence-electron chi connectivity index (χ3n) is 5.75. The van der Waals surface area contributed by atoms with Crippen LogP contribution in [-0.4, -0.2) is 28.6 Å². The first-order valence-electron chi connectivity index (χ1n) is 11.7. The summed E-state index contributed by atoms with van der Waals surface area (Å²) in [5.74, 6) is 1.87. The van der Waals surface area contributed by atoms with Crippen LogP contribution in [0, 0.1) is 6.92 Å². The molecule has 0 saturated heterocycles. The summed E-state index contributed by atoms with van der Waals surface area (Å²) in [6.45, 7) is 4.14. The number of ether oxygens (including phenoxy) is 1. The molecule has 1 amide bonds. The highest BCUT2D eigenvalue weighted by molar-refractivity contribution is 6.31. The van der Waals surface area contributed by atoms with Crippen LogP contribution in [0.3, 0.4) is 0 Å². The van der Waals surface area contributed by atoms with Gasteiger partial charge in [0.15, 0.2) is 0 Å². The maximum atomic E-state index is 12.4. The molecule has 176 valence electrons. The highest BCUT2D eigenvalue weighted by Crippen LogP contribution is 2.18. The van der Waals surface area contributed by atoms with E-state index < -0.39 is 0 Å². The lowest BCUT2D eigenvalue weighted by atomic mass is 10.1. The van der Waals surface area contributed by atoms with E-state index in [1.54, 1.807) is 6.07 Å². The Morgan fingerprint density at radius 3 is 2.71 bits per heavy atom. The van der Waals surface area contributed by atoms with Crippen molar-refractivity contribution in [3.63, 3.8) is 0 Å². The van der Waals surface area contributed by atoms with Gasteiger partial charge in [0.25, 0.3) is 0 Å². The van der Waals surface area contributed by atoms with Crippen molar-refractivity contribution in [1.82, 2.24) is 14.9 Å². The fourth-order valence-corrected chi connectivity index (χ4v) is 4.23. The highest BCUT2D eigenvalue weighted by Gasteiger charge is 2.11. The zero-order valence-corrected chi connectivity index (χ0v) is 20.2. The Hall–Kier alpha value is -3.31. The van der Waals surface area contributed by atoms with E-state index in [-0.39, 0.29) is 12.3 Å². The second-order valence-corrected chi connectivity index (χ2v) is 8.82. The van der Waals surface area contributed by atoms with Gasteiger partial charge in [-0.05, 0) is 61.2 Å². The standard InChI is InChI=1S/C28H30ClN3O2/c1-21-9-8-11-23(19-21)34-18-7-6-17-32-26-14-5-4-13-25(26)31-27(32)15-16-30-28(33)20-22-10-2-3-12-24(22)29/h2-5,8-14,19H,6-7,15-18,20H2,1H3,(H,30,33). The third kappa shape index (κ3) is 6.39. The van der Waals surface area contributed by atoms with Gasteiger partial charge < -0.3 is 14.6 Å². The molecule has 1 N–H and O–H groups in total. The lowest BCUT2D eigenvalue weighted by molar-refractivity contribution is -0.120. The number of fused-ring (bicyclic) bond motifs is 1. The fourth-order valence-electron chi connectivity index (χ4n) is 4.02. The van der Waals surface area contributed by atoms with Crippen LogP contribution in [0.25, 0.3) is 11.0 Å². The average molecular weight is 476 g/mol. The molecule has 0 spiro atoms. The fraction of sp³-hybridized carbons (Fsp3) is 0.286. The van der Waals surface area contributed by atoms with Gasteiger partial charge in [-0.25, -0.2) is 4.98 Å². The summed E-state index contributed by atoms with van der Waals surface area (Å²) in [5.41, 5.74) is 4.14. The number of para-hydroxylation sites is 2. The van der Waals surface area contributed by atoms with Crippen LogP contribution in [0.5, 0.6) is 5.75 Å². The van der Waals surface area contributed by atoms with Gasteiger partial charge in [0.2, 0.25) is 5.91 Å². The lowest BCUT2D eigenvalue weighted by Crippen LogP contribution is -2.28. The molecule has 1 aromatic heterocycles. The predicted octanol–water partition coefficient (Wildman–Crippen LogP) is 5.76. The molecule has 0 aliphatic rings. The number of imidazole rings is 1. The number of amides is 1. The highest BCUT2D eigenvalue weighted by atomic mass is 35.5. The first-order chi connectivity index (χ1) is 16.6. The summed E-state index contributed by atoms with van der Waals surface area (Å²) in [7, 11) is 0. The molecule has 0 atom stereocenters. The summed E-state index contributed by atoms with van der Waals surface area (Å²) in [6, 6.07) is 23.8. The Morgan fingerprint density at radius 1 is 1.03 bits per heavy atom. The zero-order valence-electron chi connectivity index (χ0n) is 19.5. The number of rotatable bonds is 11. The van der Waals surface area contributed by atoms with Crippen molar-refractivity contribution in [2.45, 2.75) is 39.2 Å². The topological polar surface area (TPSA) is 56.1 Å². The lowest BCUT2D eigenvalue weighted by Gasteiger charge is -2.11. The molecule has 0 unspecified atom stereocenters. The number of hydrogen-bond acceptors (Lipinski definition) is 3. The van der Waals surface area contributed by atoms with E-state index in [4.69, 9.17) is 21.3 Å². The second-order valence-electron chi connectivity index (χ2n) is 8.41. The molecular weight excluding hydrogens is 446 g/mol. The number of carbonyl (C=O) groups is 1. The number of aryl methyl sites for hydroxylation is 2. The molecule has 0 saturated carbocycles. The van der Waals surface area contributed by atoms with E-state index >= 15 is 0 Å². The molecule has 4 aromatic rings. The van der Waals surface area contributed by atoms with E-state index in [0.717, 1.165) is 47.6 Å². The number of aromatic nitrogens is 2. The summed E-state index contributed by atoms with van der Waals surface area (Å²) >= 11 is 6.17. The first-order valence-corrected chi connectivity index (χ1v) is 12.1. The Labute approximate surface area is 205 Å². The Balaban J connectivity index is 1.30. The Morgan fingerprint density at radius 2 is 1.85 bits per heavy atom. The van der Waals surface area contributed by atoms with E-state index in [9.17, 15) is 4.79 Å². The Bertz CT molecular complexity index is 1250. The van der Waals surface area contributed by atoms with E-state index in [1.807, 2.05) is 48.5 Å². The molecule has 0 fully saturated rings. The van der Waals surface area contributed by atoms with E-state index in [2.05, 4.69) is 35.0 Å². The minimum absolute atomic E-state index is 0.0379. The number of hydrogen-bond donors (Lipinski definition) is 1. The maximum Gasteiger partial charge on any atom is 0.224 e. The number of unbranched alkanes of at least 4 members (excludes halogenated alkanes) is 1. The van der Waals surface area contributed by atoms with Crippen molar-refractivity contribution in [3.8, 4) is 5.75 Å². The van der Waals surface area contributed by atoms with Crippen LogP contribution in [0.4, 0.5) is 0 Å². The third-order valence-corrected chi connectivity index (χ3v) is 6.12. The molecule has 1 heterocycles. The van der Waals surface area contributed by atoms with Crippen molar-refractivity contribution in [3.05, 3.63) is 94.8 Å². The van der Waals surface area contributed by atoms with Crippen LogP contribution >= 0.6 is 11.6 Å². The van der Waals surface area contributed by atoms with Crippen molar-refractivity contribution in [1.29, 1.82) is 0 Å². The number of nitrogens with one attached hydrogen (secondary N) is 1. The van der Waals surface area contributed by atoms with Crippen LogP contribution in [0.2, 0.25) is 5.02 Å². The predicted molar refractivity (Wildman–Crippen MR) is 138 cm³/mol. The first kappa shape index (κ1) is 23.8. The van der Waals surface area contributed by atoms with Crippen LogP contribution in [0.1, 0.15) is 29.8 Å². The molecule has 0 aliphatic heterocycles. The Kier molecular flexibility index (Phi) is 8.21. The molecule has 6 heteroatoms. The quantitative estimate of drug-likeness (QED) is 0.281. The van der Waals surface area contributed by atoms with Crippen molar-refractivity contribution < 1.29 is 9.53 Å². The maximum absolute atomic E-state index is 12.4. The summed E-state index contributed by atoms with van der Waals surface area (Å²) in [4.78, 5) is 17.2. The summed E-state index contributed by atoms with van der Waals surface area (Å²) < 4.78 is 8.16. The van der Waals surface area contributed by atoms with E-state index in [1.165, 1.54) is 5.56 Å².